The van der Waals surface area contributed by atoms with Crippen LogP contribution in [0.3, 0.4) is 0 Å². The molecule has 2 heterocycles. The molecule has 2 aromatic carbocycles. The van der Waals surface area contributed by atoms with Crippen molar-refractivity contribution >= 4 is 23.2 Å². The molecular formula is C18H16N2O5. The van der Waals surface area contributed by atoms with Gasteiger partial charge < -0.3 is 19.5 Å². The molecule has 0 aliphatic carbocycles. The van der Waals surface area contributed by atoms with Crippen molar-refractivity contribution in [1.29, 1.82) is 0 Å². The van der Waals surface area contributed by atoms with Crippen LogP contribution >= 0.6 is 0 Å². The molecule has 2 aromatic rings. The average Bonchev–Trinajstić information content (AvgIpc) is 3.19. The van der Waals surface area contributed by atoms with E-state index in [0.717, 1.165) is 0 Å². The smallest absolute Gasteiger partial charge is 0.256 e. The Morgan fingerprint density at radius 2 is 1.92 bits per heavy atom. The summed E-state index contributed by atoms with van der Waals surface area (Å²) in [7, 11) is 1.51. The minimum atomic E-state index is -0.641. The first-order valence-corrected chi connectivity index (χ1v) is 7.83. The molecule has 7 nitrogen and oxygen atoms in total. The van der Waals surface area contributed by atoms with Crippen LogP contribution in [0.25, 0.3) is 0 Å². The molecule has 2 aliphatic heterocycles. The number of methoxy groups -OCH3 is 1. The van der Waals surface area contributed by atoms with Crippen molar-refractivity contribution in [3.05, 3.63) is 42.5 Å². The Labute approximate surface area is 144 Å². The van der Waals surface area contributed by atoms with E-state index in [9.17, 15) is 9.59 Å². The van der Waals surface area contributed by atoms with E-state index in [1.807, 2.05) is 0 Å². The van der Waals surface area contributed by atoms with Crippen LogP contribution < -0.4 is 24.4 Å². The molecule has 4 rings (SSSR count). The molecule has 0 spiro atoms. The molecular weight excluding hydrogens is 324 g/mol. The van der Waals surface area contributed by atoms with Gasteiger partial charge in [-0.25, -0.2) is 4.90 Å². The van der Waals surface area contributed by atoms with E-state index < -0.39 is 6.04 Å². The van der Waals surface area contributed by atoms with Gasteiger partial charge in [0.1, 0.15) is 11.8 Å². The number of nitrogens with one attached hydrogen (secondary N) is 1. The third-order valence-corrected chi connectivity index (χ3v) is 4.19. The lowest BCUT2D eigenvalue weighted by molar-refractivity contribution is -0.121. The zero-order valence-electron chi connectivity index (χ0n) is 13.5. The second-order valence-corrected chi connectivity index (χ2v) is 5.71. The summed E-state index contributed by atoms with van der Waals surface area (Å²) in [5, 5.41) is 3.10. The maximum atomic E-state index is 12.8. The van der Waals surface area contributed by atoms with Crippen molar-refractivity contribution in [3.8, 4) is 17.2 Å². The summed E-state index contributed by atoms with van der Waals surface area (Å²) in [6.07, 6.45) is 0.0747. The van der Waals surface area contributed by atoms with Crippen molar-refractivity contribution < 1.29 is 23.8 Å². The van der Waals surface area contributed by atoms with Crippen LogP contribution in [0, 0.1) is 0 Å². The van der Waals surface area contributed by atoms with Gasteiger partial charge in [0.05, 0.1) is 19.2 Å². The second-order valence-electron chi connectivity index (χ2n) is 5.71. The topological polar surface area (TPSA) is 77.1 Å². The summed E-state index contributed by atoms with van der Waals surface area (Å²) in [5.41, 5.74) is 1.15. The Hall–Kier alpha value is -3.22. The first-order valence-electron chi connectivity index (χ1n) is 7.83. The molecule has 25 heavy (non-hydrogen) atoms. The van der Waals surface area contributed by atoms with Crippen LogP contribution in [0.4, 0.5) is 11.4 Å². The van der Waals surface area contributed by atoms with E-state index in [4.69, 9.17) is 14.2 Å². The number of fused-ring (bicyclic) bond motifs is 1. The largest absolute Gasteiger partial charge is 0.495 e. The van der Waals surface area contributed by atoms with Crippen LogP contribution in [0.5, 0.6) is 17.2 Å². The number of benzene rings is 2. The van der Waals surface area contributed by atoms with Crippen molar-refractivity contribution in [3.63, 3.8) is 0 Å². The number of nitrogens with zero attached hydrogens (tertiary/aromatic N) is 1. The van der Waals surface area contributed by atoms with Crippen molar-refractivity contribution in [2.24, 2.45) is 0 Å². The van der Waals surface area contributed by atoms with Gasteiger partial charge in [0, 0.05) is 11.8 Å². The molecule has 7 heteroatoms. The van der Waals surface area contributed by atoms with E-state index in [-0.39, 0.29) is 25.0 Å². The quantitative estimate of drug-likeness (QED) is 0.860. The number of carbonyl (C=O) groups excluding carboxylic acids is 2. The van der Waals surface area contributed by atoms with Gasteiger partial charge in [0.2, 0.25) is 12.7 Å². The molecule has 2 aliphatic rings. The standard InChI is InChI=1S/C18H16N2O5/c1-23-14-5-3-2-4-13(14)20-17(21)9-12(18(20)22)19-11-6-7-15-16(8-11)25-10-24-15/h2-8,12,19H,9-10H2,1H3. The molecule has 0 saturated carbocycles. The maximum Gasteiger partial charge on any atom is 0.256 e. The Morgan fingerprint density at radius 1 is 1.12 bits per heavy atom. The fourth-order valence-corrected chi connectivity index (χ4v) is 3.00. The molecule has 0 radical (unpaired) electrons. The number of ether oxygens (including phenoxy) is 3. The van der Waals surface area contributed by atoms with Crippen LogP contribution in [-0.2, 0) is 9.59 Å². The number of para-hydroxylation sites is 2. The average molecular weight is 340 g/mol. The molecule has 0 aromatic heterocycles. The summed E-state index contributed by atoms with van der Waals surface area (Å²) in [6.45, 7) is 0.182. The summed E-state index contributed by atoms with van der Waals surface area (Å²) in [4.78, 5) is 26.3. The number of carbonyl (C=O) groups is 2. The lowest BCUT2D eigenvalue weighted by atomic mass is 10.2. The zero-order chi connectivity index (χ0) is 17.4. The monoisotopic (exact) mass is 340 g/mol. The highest BCUT2D eigenvalue weighted by molar-refractivity contribution is 6.23. The van der Waals surface area contributed by atoms with Gasteiger partial charge in [-0.15, -0.1) is 0 Å². The predicted molar refractivity (Wildman–Crippen MR) is 90.1 cm³/mol. The highest BCUT2D eigenvalue weighted by atomic mass is 16.7. The maximum absolute atomic E-state index is 12.8. The molecule has 1 fully saturated rings. The van der Waals surface area contributed by atoms with Crippen molar-refractivity contribution in [1.82, 2.24) is 0 Å². The second kappa shape index (κ2) is 6.01. The van der Waals surface area contributed by atoms with Gasteiger partial charge in [-0.1, -0.05) is 12.1 Å². The summed E-state index contributed by atoms with van der Waals surface area (Å²) >= 11 is 0. The van der Waals surface area contributed by atoms with Crippen LogP contribution in [-0.4, -0.2) is 31.8 Å². The minimum Gasteiger partial charge on any atom is -0.495 e. The third-order valence-electron chi connectivity index (χ3n) is 4.19. The number of amides is 2. The number of anilines is 2. The molecule has 1 N–H and O–H groups in total. The zero-order valence-corrected chi connectivity index (χ0v) is 13.5. The highest BCUT2D eigenvalue weighted by Gasteiger charge is 2.40. The summed E-state index contributed by atoms with van der Waals surface area (Å²) in [5.74, 6) is 1.17. The van der Waals surface area contributed by atoms with E-state index in [2.05, 4.69) is 5.32 Å². The Balaban J connectivity index is 1.57. The number of imide groups is 1. The fraction of sp³-hybridized carbons (Fsp3) is 0.222. The van der Waals surface area contributed by atoms with Gasteiger partial charge in [-0.2, -0.15) is 0 Å². The first-order chi connectivity index (χ1) is 12.2. The minimum absolute atomic E-state index is 0.0747. The van der Waals surface area contributed by atoms with Crippen molar-refractivity contribution in [2.45, 2.75) is 12.5 Å². The van der Waals surface area contributed by atoms with Crippen LogP contribution in [0.2, 0.25) is 0 Å². The van der Waals surface area contributed by atoms with Gasteiger partial charge in [-0.3, -0.25) is 9.59 Å². The molecule has 1 saturated heterocycles. The van der Waals surface area contributed by atoms with Gasteiger partial charge in [-0.05, 0) is 24.3 Å². The molecule has 2 amide bonds. The van der Waals surface area contributed by atoms with Crippen LogP contribution in [0.15, 0.2) is 42.5 Å². The predicted octanol–water partition coefficient (Wildman–Crippen LogP) is 2.17. The third kappa shape index (κ3) is 2.63. The summed E-state index contributed by atoms with van der Waals surface area (Å²) in [6, 6.07) is 11.6. The number of rotatable bonds is 4. The van der Waals surface area contributed by atoms with E-state index in [1.54, 1.807) is 42.5 Å². The fourth-order valence-electron chi connectivity index (χ4n) is 3.00. The molecule has 128 valence electrons. The SMILES string of the molecule is COc1ccccc1N1C(=O)CC(Nc2ccc3c(c2)OCO3)C1=O. The van der Waals surface area contributed by atoms with Gasteiger partial charge >= 0.3 is 0 Å². The normalized spacial score (nSPS) is 18.6. The molecule has 1 atom stereocenters. The lowest BCUT2D eigenvalue weighted by Gasteiger charge is -2.18. The van der Waals surface area contributed by atoms with Crippen LogP contribution in [0.1, 0.15) is 6.42 Å². The lowest BCUT2D eigenvalue weighted by Crippen LogP contribution is -2.35. The Kier molecular flexibility index (Phi) is 3.68. The Morgan fingerprint density at radius 3 is 2.76 bits per heavy atom. The van der Waals surface area contributed by atoms with Crippen molar-refractivity contribution in [2.75, 3.05) is 24.1 Å². The van der Waals surface area contributed by atoms with E-state index >= 15 is 0 Å². The number of hydrogen-bond acceptors (Lipinski definition) is 6. The Bertz CT molecular complexity index is 851. The highest BCUT2D eigenvalue weighted by Crippen LogP contribution is 2.36. The summed E-state index contributed by atoms with van der Waals surface area (Å²) < 4.78 is 15.9. The van der Waals surface area contributed by atoms with E-state index in [1.165, 1.54) is 12.0 Å². The molecule has 1 unspecified atom stereocenters. The van der Waals surface area contributed by atoms with Gasteiger partial charge in [0.15, 0.2) is 11.5 Å². The molecule has 0 bridgehead atoms. The number of hydrogen-bond donors (Lipinski definition) is 1. The van der Waals surface area contributed by atoms with Gasteiger partial charge in [0.25, 0.3) is 5.91 Å². The van der Waals surface area contributed by atoms with E-state index in [0.29, 0.717) is 28.6 Å². The first kappa shape index (κ1) is 15.3.